The molecule has 0 bridgehead atoms. The first-order valence-electron chi connectivity index (χ1n) is 29.6. The Labute approximate surface area is 510 Å². The molecule has 0 saturated heterocycles. The van der Waals surface area contributed by atoms with Crippen LogP contribution in [0.25, 0.3) is 99.1 Å². The fourth-order valence-corrected chi connectivity index (χ4v) is 11.1. The summed E-state index contributed by atoms with van der Waals surface area (Å²) in [6.45, 7) is 0. The molecule has 0 atom stereocenters. The smallest absolute Gasteiger partial charge is 0.0390 e. The number of hydrogen-bond acceptors (Lipinski definition) is 3. The predicted octanol–water partition coefficient (Wildman–Crippen LogP) is 23.8. The van der Waals surface area contributed by atoms with Crippen LogP contribution in [0.15, 0.2) is 364 Å². The molecule has 0 fully saturated rings. The van der Waals surface area contributed by atoms with E-state index in [0.29, 0.717) is 0 Å². The van der Waals surface area contributed by atoms with E-state index >= 15 is 0 Å². The van der Waals surface area contributed by atoms with Gasteiger partial charge in [-0.15, -0.1) is 0 Å². The second-order valence-electron chi connectivity index (χ2n) is 21.6. The second kappa shape index (κ2) is 26.4. The van der Waals surface area contributed by atoms with Crippen LogP contribution in [0, 0.1) is 0 Å². The number of rotatable bonds is 12. The Hall–Kier alpha value is -11.5. The summed E-state index contributed by atoms with van der Waals surface area (Å²) in [6.07, 6.45) is 0. The lowest BCUT2D eigenvalue weighted by molar-refractivity contribution is 1.53. The first kappa shape index (κ1) is 54.7. The van der Waals surface area contributed by atoms with Gasteiger partial charge in [-0.3, -0.25) is 0 Å². The molecule has 0 unspecified atom stereocenters. The molecule has 15 rings (SSSR count). The second-order valence-corrected chi connectivity index (χ2v) is 21.6. The molecule has 0 aromatic heterocycles. The van der Waals surface area contributed by atoms with E-state index in [1.807, 2.05) is 18.2 Å². The van der Waals surface area contributed by atoms with E-state index in [2.05, 4.69) is 362 Å². The van der Waals surface area contributed by atoms with Crippen LogP contribution in [0.2, 0.25) is 0 Å². The fraction of sp³-hybridized carbons (Fsp3) is 0. The van der Waals surface area contributed by atoms with Crippen molar-refractivity contribution in [3.63, 3.8) is 0 Å². The van der Waals surface area contributed by atoms with Crippen molar-refractivity contribution < 1.29 is 0 Å². The molecule has 3 nitrogen and oxygen atoms in total. The van der Waals surface area contributed by atoms with Crippen molar-refractivity contribution in [2.45, 2.75) is 0 Å². The average molecular weight is 1110 g/mol. The van der Waals surface area contributed by atoms with Gasteiger partial charge in [0.2, 0.25) is 0 Å². The quantitative estimate of drug-likeness (QED) is 0.114. The minimum absolute atomic E-state index is 1.08. The molecule has 0 aliphatic rings. The molecule has 414 valence electrons. The number of benzene rings is 15. The monoisotopic (exact) mass is 1110 g/mol. The summed E-state index contributed by atoms with van der Waals surface area (Å²) in [4.78, 5) is 0. The van der Waals surface area contributed by atoms with Crippen molar-refractivity contribution in [2.75, 3.05) is 16.0 Å². The Balaban J connectivity index is 0.000000121. The van der Waals surface area contributed by atoms with Gasteiger partial charge in [-0.05, 0) is 184 Å². The highest BCUT2D eigenvalue weighted by molar-refractivity contribution is 5.97. The number of nitrogens with one attached hydrogen (secondary N) is 3. The first-order valence-corrected chi connectivity index (χ1v) is 29.6. The average Bonchev–Trinajstić information content (AvgIpc) is 3.79. The Morgan fingerprint density at radius 1 is 0.138 bits per heavy atom. The first-order chi connectivity index (χ1) is 43.1. The molecule has 15 aromatic carbocycles. The van der Waals surface area contributed by atoms with Gasteiger partial charge in [-0.2, -0.15) is 0 Å². The highest BCUT2D eigenvalue weighted by atomic mass is 14.9. The van der Waals surface area contributed by atoms with Gasteiger partial charge in [0.1, 0.15) is 0 Å². The van der Waals surface area contributed by atoms with E-state index in [1.165, 1.54) is 99.1 Å². The van der Waals surface area contributed by atoms with Gasteiger partial charge < -0.3 is 16.0 Å². The Morgan fingerprint density at radius 3 is 0.874 bits per heavy atom. The Bertz CT molecular complexity index is 4700. The number of hydrogen-bond donors (Lipinski definition) is 3. The lowest BCUT2D eigenvalue weighted by atomic mass is 9.98. The van der Waals surface area contributed by atoms with Crippen LogP contribution in [0.5, 0.6) is 0 Å². The predicted molar refractivity (Wildman–Crippen MR) is 374 cm³/mol. The standard InChI is InChI=1S/3C28H21N/c1-2-8-21(9-3-1)24-12-6-14-27(19-24)29-28-15-7-13-25(20-28)26-17-16-22-10-4-5-11-23(22)18-26;1-2-7-21(8-3-1)22-13-17-25(18-14-22)29-26-19-15-24(16-20-26)28-12-6-10-23-9-4-5-11-27(23)28;1-2-6-21(7-3-1)23-12-16-27(17-13-23)29-28-18-14-24(15-19-28)26-11-10-22-8-4-5-9-25(22)20-26/h3*1-20,29H. The highest BCUT2D eigenvalue weighted by Crippen LogP contribution is 2.34. The van der Waals surface area contributed by atoms with Crippen LogP contribution in [-0.2, 0) is 0 Å². The largest absolute Gasteiger partial charge is 0.356 e. The zero-order chi connectivity index (χ0) is 58.4. The van der Waals surface area contributed by atoms with Crippen molar-refractivity contribution in [1.82, 2.24) is 0 Å². The topological polar surface area (TPSA) is 36.1 Å². The van der Waals surface area contributed by atoms with Gasteiger partial charge in [0.05, 0.1) is 0 Å². The summed E-state index contributed by atoms with van der Waals surface area (Å²) in [6, 6.07) is 128. The molecule has 87 heavy (non-hydrogen) atoms. The molecule has 3 N–H and O–H groups in total. The van der Waals surface area contributed by atoms with Crippen LogP contribution < -0.4 is 16.0 Å². The van der Waals surface area contributed by atoms with Gasteiger partial charge in [-0.25, -0.2) is 0 Å². The van der Waals surface area contributed by atoms with Gasteiger partial charge in [0.25, 0.3) is 0 Å². The minimum atomic E-state index is 1.08. The molecule has 0 aliphatic carbocycles. The molecule has 0 saturated carbocycles. The van der Waals surface area contributed by atoms with E-state index in [9.17, 15) is 0 Å². The summed E-state index contributed by atoms with van der Waals surface area (Å²) in [5.74, 6) is 0. The third-order valence-electron chi connectivity index (χ3n) is 15.7. The van der Waals surface area contributed by atoms with Crippen LogP contribution in [-0.4, -0.2) is 0 Å². The van der Waals surface area contributed by atoms with Crippen molar-refractivity contribution in [3.05, 3.63) is 364 Å². The van der Waals surface area contributed by atoms with Crippen LogP contribution in [0.1, 0.15) is 0 Å². The molecular formula is C84H63N3. The van der Waals surface area contributed by atoms with Crippen molar-refractivity contribution in [1.29, 1.82) is 0 Å². The number of fused-ring (bicyclic) bond motifs is 3. The van der Waals surface area contributed by atoms with E-state index < -0.39 is 0 Å². The Morgan fingerprint density at radius 2 is 0.414 bits per heavy atom. The summed E-state index contributed by atoms with van der Waals surface area (Å²) in [7, 11) is 0. The van der Waals surface area contributed by atoms with Gasteiger partial charge in [0.15, 0.2) is 0 Å². The van der Waals surface area contributed by atoms with Gasteiger partial charge in [-0.1, -0.05) is 279 Å². The third-order valence-corrected chi connectivity index (χ3v) is 15.7. The molecule has 0 amide bonds. The SMILES string of the molecule is c1ccc(-c2ccc(Nc3ccc(-c4ccc5ccccc5c4)cc3)cc2)cc1.c1ccc(-c2ccc(Nc3ccc(-c4cccc5ccccc45)cc3)cc2)cc1.c1ccc(-c2cccc(Nc3cccc(-c4ccc5ccccc5c4)c3)c2)cc1. The zero-order valence-electron chi connectivity index (χ0n) is 48.1. The van der Waals surface area contributed by atoms with Gasteiger partial charge >= 0.3 is 0 Å². The number of anilines is 6. The van der Waals surface area contributed by atoms with Crippen molar-refractivity contribution >= 4 is 66.4 Å². The minimum Gasteiger partial charge on any atom is -0.356 e. The zero-order valence-corrected chi connectivity index (χ0v) is 48.1. The normalized spacial score (nSPS) is 10.8. The van der Waals surface area contributed by atoms with Crippen molar-refractivity contribution in [2.24, 2.45) is 0 Å². The van der Waals surface area contributed by atoms with Gasteiger partial charge in [0, 0.05) is 34.1 Å². The van der Waals surface area contributed by atoms with E-state index in [0.717, 1.165) is 34.1 Å². The molecule has 0 spiro atoms. The molecule has 3 heteroatoms. The molecule has 0 heterocycles. The fourth-order valence-electron chi connectivity index (χ4n) is 11.1. The molecular weight excluding hydrogens is 1050 g/mol. The van der Waals surface area contributed by atoms with Crippen LogP contribution in [0.3, 0.4) is 0 Å². The van der Waals surface area contributed by atoms with E-state index in [-0.39, 0.29) is 0 Å². The maximum absolute atomic E-state index is 3.56. The van der Waals surface area contributed by atoms with Crippen LogP contribution in [0.4, 0.5) is 34.1 Å². The molecule has 0 aliphatic heterocycles. The summed E-state index contributed by atoms with van der Waals surface area (Å²) in [5.41, 5.74) is 21.3. The van der Waals surface area contributed by atoms with E-state index in [1.54, 1.807) is 0 Å². The van der Waals surface area contributed by atoms with Crippen LogP contribution >= 0.6 is 0 Å². The molecule has 0 radical (unpaired) electrons. The summed E-state index contributed by atoms with van der Waals surface area (Å²) < 4.78 is 0. The summed E-state index contributed by atoms with van der Waals surface area (Å²) >= 11 is 0. The van der Waals surface area contributed by atoms with E-state index in [4.69, 9.17) is 0 Å². The highest BCUT2D eigenvalue weighted by Gasteiger charge is 2.08. The maximum Gasteiger partial charge on any atom is 0.0390 e. The lowest BCUT2D eigenvalue weighted by Gasteiger charge is -2.11. The van der Waals surface area contributed by atoms with Crippen molar-refractivity contribution in [3.8, 4) is 66.8 Å². The lowest BCUT2D eigenvalue weighted by Crippen LogP contribution is -1.91. The third kappa shape index (κ3) is 13.6. The Kier molecular flexibility index (Phi) is 16.6. The summed E-state index contributed by atoms with van der Waals surface area (Å²) in [5, 5.41) is 18.2. The maximum atomic E-state index is 3.56. The molecule has 15 aromatic rings.